The molecule has 0 unspecified atom stereocenters. The van der Waals surface area contributed by atoms with E-state index in [0.717, 1.165) is 33.9 Å². The van der Waals surface area contributed by atoms with Crippen molar-refractivity contribution in [2.75, 3.05) is 0 Å². The minimum absolute atomic E-state index is 0.392. The summed E-state index contributed by atoms with van der Waals surface area (Å²) in [6.07, 6.45) is 0. The summed E-state index contributed by atoms with van der Waals surface area (Å²) in [6.45, 7) is 0. The Morgan fingerprint density at radius 2 is 0.875 bits per heavy atom. The third kappa shape index (κ3) is 4.38. The highest BCUT2D eigenvalue weighted by Crippen LogP contribution is 2.63. The molecular formula is C53H32N2S. The van der Waals surface area contributed by atoms with Gasteiger partial charge in [0.15, 0.2) is 5.82 Å². The fourth-order valence-corrected chi connectivity index (χ4v) is 10.9. The smallest absolute Gasteiger partial charge is 0.160 e. The predicted molar refractivity (Wildman–Crippen MR) is 233 cm³/mol. The summed E-state index contributed by atoms with van der Waals surface area (Å²) < 4.78 is 2.53. The summed E-state index contributed by atoms with van der Waals surface area (Å²) in [5.41, 5.74) is 17.8. The van der Waals surface area contributed by atoms with E-state index in [-0.39, 0.29) is 0 Å². The number of aromatic nitrogens is 2. The number of benzene rings is 8. The number of hydrogen-bond donors (Lipinski definition) is 0. The molecule has 260 valence electrons. The molecule has 0 saturated heterocycles. The molecule has 0 aliphatic heterocycles. The summed E-state index contributed by atoms with van der Waals surface area (Å²) >= 11 is 1.87. The standard InChI is InChI=1S/C53H32N2S/c1-3-15-33(16-4-1)47-32-48(55-52(54-47)34-17-5-2-6-18-34)41-30-29-36(51-50(41)42-22-10-14-26-49(42)56-51)35-27-28-40-39-21-9-13-25-45(39)53(46(40)31-35)43-23-11-7-19-37(43)38-20-8-12-24-44(38)53/h1-32H. The van der Waals surface area contributed by atoms with Crippen LogP contribution in [0.5, 0.6) is 0 Å². The van der Waals surface area contributed by atoms with Crippen molar-refractivity contribution in [2.45, 2.75) is 5.41 Å². The van der Waals surface area contributed by atoms with Crippen molar-refractivity contribution in [3.8, 4) is 67.3 Å². The SMILES string of the molecule is c1ccc(-c2cc(-c3ccc(-c4ccc5c(c4)C4(c6ccccc6-c6ccccc64)c4ccccc4-5)c4sc5ccccc5c34)nc(-c3ccccc3)n2)cc1. The molecule has 0 N–H and O–H groups in total. The Labute approximate surface area is 329 Å². The summed E-state index contributed by atoms with van der Waals surface area (Å²) in [5.74, 6) is 0.722. The van der Waals surface area contributed by atoms with Crippen LogP contribution in [0, 0.1) is 0 Å². The molecule has 2 aromatic heterocycles. The average molecular weight is 729 g/mol. The molecule has 8 aromatic carbocycles. The first kappa shape index (κ1) is 31.4. The highest BCUT2D eigenvalue weighted by Gasteiger charge is 2.51. The molecule has 1 spiro atoms. The lowest BCUT2D eigenvalue weighted by molar-refractivity contribution is 0.794. The highest BCUT2D eigenvalue weighted by atomic mass is 32.1. The minimum atomic E-state index is -0.392. The molecule has 0 saturated carbocycles. The van der Waals surface area contributed by atoms with Gasteiger partial charge in [-0.25, -0.2) is 9.97 Å². The van der Waals surface area contributed by atoms with Gasteiger partial charge in [0, 0.05) is 36.9 Å². The van der Waals surface area contributed by atoms with Gasteiger partial charge in [0.1, 0.15) is 0 Å². The summed E-state index contributed by atoms with van der Waals surface area (Å²) in [6, 6.07) is 70.7. The Bertz CT molecular complexity index is 3080. The first-order valence-electron chi connectivity index (χ1n) is 19.2. The highest BCUT2D eigenvalue weighted by molar-refractivity contribution is 7.26. The van der Waals surface area contributed by atoms with Crippen LogP contribution in [0.4, 0.5) is 0 Å². The van der Waals surface area contributed by atoms with Crippen LogP contribution in [0.2, 0.25) is 0 Å². The molecule has 56 heavy (non-hydrogen) atoms. The topological polar surface area (TPSA) is 25.8 Å². The number of fused-ring (bicyclic) bond motifs is 13. The van der Waals surface area contributed by atoms with Crippen molar-refractivity contribution in [1.82, 2.24) is 9.97 Å². The third-order valence-corrected chi connectivity index (χ3v) is 13.1. The first-order chi connectivity index (χ1) is 27.8. The molecule has 3 heteroatoms. The fourth-order valence-electron chi connectivity index (χ4n) is 9.59. The lowest BCUT2D eigenvalue weighted by atomic mass is 9.70. The van der Waals surface area contributed by atoms with Crippen molar-refractivity contribution in [3.05, 3.63) is 216 Å². The van der Waals surface area contributed by atoms with Crippen LogP contribution in [-0.4, -0.2) is 9.97 Å². The zero-order valence-electron chi connectivity index (χ0n) is 30.3. The molecule has 0 radical (unpaired) electrons. The lowest BCUT2D eigenvalue weighted by Crippen LogP contribution is -2.25. The van der Waals surface area contributed by atoms with E-state index in [9.17, 15) is 0 Å². The average Bonchev–Trinajstić information content (AvgIpc) is 3.91. The fraction of sp³-hybridized carbons (Fsp3) is 0.0189. The van der Waals surface area contributed by atoms with Gasteiger partial charge >= 0.3 is 0 Å². The molecule has 10 aromatic rings. The minimum Gasteiger partial charge on any atom is -0.228 e. The van der Waals surface area contributed by atoms with E-state index in [2.05, 4.69) is 182 Å². The summed E-state index contributed by atoms with van der Waals surface area (Å²) in [5, 5.41) is 2.48. The Hall–Kier alpha value is -6.94. The maximum absolute atomic E-state index is 5.29. The van der Waals surface area contributed by atoms with Gasteiger partial charge in [-0.05, 0) is 73.8 Å². The van der Waals surface area contributed by atoms with Gasteiger partial charge in [-0.2, -0.15) is 0 Å². The van der Waals surface area contributed by atoms with Crippen LogP contribution in [0.3, 0.4) is 0 Å². The quantitative estimate of drug-likeness (QED) is 0.180. The lowest BCUT2D eigenvalue weighted by Gasteiger charge is -2.30. The van der Waals surface area contributed by atoms with E-state index in [0.29, 0.717) is 0 Å². The van der Waals surface area contributed by atoms with Crippen molar-refractivity contribution in [3.63, 3.8) is 0 Å². The molecule has 0 fully saturated rings. The number of hydrogen-bond acceptors (Lipinski definition) is 3. The van der Waals surface area contributed by atoms with Crippen molar-refractivity contribution >= 4 is 31.5 Å². The van der Waals surface area contributed by atoms with Crippen LogP contribution < -0.4 is 0 Å². The van der Waals surface area contributed by atoms with Crippen LogP contribution in [0.1, 0.15) is 22.3 Å². The Balaban J connectivity index is 1.11. The largest absolute Gasteiger partial charge is 0.228 e. The second kappa shape index (κ2) is 12.0. The van der Waals surface area contributed by atoms with E-state index in [1.165, 1.54) is 75.8 Å². The molecule has 2 aliphatic carbocycles. The van der Waals surface area contributed by atoms with Crippen molar-refractivity contribution in [1.29, 1.82) is 0 Å². The zero-order chi connectivity index (χ0) is 36.8. The second-order valence-corrected chi connectivity index (χ2v) is 15.9. The van der Waals surface area contributed by atoms with Gasteiger partial charge in [0.05, 0.1) is 16.8 Å². The molecule has 0 bridgehead atoms. The molecular weight excluding hydrogens is 697 g/mol. The zero-order valence-corrected chi connectivity index (χ0v) is 31.1. The van der Waals surface area contributed by atoms with Crippen LogP contribution >= 0.6 is 11.3 Å². The Morgan fingerprint density at radius 3 is 1.55 bits per heavy atom. The van der Waals surface area contributed by atoms with Gasteiger partial charge in [0.2, 0.25) is 0 Å². The van der Waals surface area contributed by atoms with E-state index in [1.54, 1.807) is 0 Å². The number of rotatable bonds is 4. The van der Waals surface area contributed by atoms with Crippen LogP contribution in [-0.2, 0) is 5.41 Å². The Morgan fingerprint density at radius 1 is 0.357 bits per heavy atom. The van der Waals surface area contributed by atoms with Crippen LogP contribution in [0.15, 0.2) is 194 Å². The first-order valence-corrected chi connectivity index (χ1v) is 20.0. The van der Waals surface area contributed by atoms with Gasteiger partial charge < -0.3 is 0 Å². The molecule has 0 amide bonds. The maximum atomic E-state index is 5.29. The monoisotopic (exact) mass is 728 g/mol. The molecule has 12 rings (SSSR count). The van der Waals surface area contributed by atoms with Gasteiger partial charge in [-0.15, -0.1) is 11.3 Å². The summed E-state index contributed by atoms with van der Waals surface area (Å²) in [7, 11) is 0. The van der Waals surface area contributed by atoms with Gasteiger partial charge in [-0.1, -0.05) is 176 Å². The van der Waals surface area contributed by atoms with E-state index >= 15 is 0 Å². The maximum Gasteiger partial charge on any atom is 0.160 e. The Kier molecular flexibility index (Phi) is 6.75. The van der Waals surface area contributed by atoms with Gasteiger partial charge in [0.25, 0.3) is 0 Å². The molecule has 2 heterocycles. The van der Waals surface area contributed by atoms with Crippen LogP contribution in [0.25, 0.3) is 87.5 Å². The molecule has 2 nitrogen and oxygen atoms in total. The normalized spacial score (nSPS) is 13.1. The molecule has 2 aliphatic rings. The van der Waals surface area contributed by atoms with E-state index in [4.69, 9.17) is 9.97 Å². The predicted octanol–water partition coefficient (Wildman–Crippen LogP) is 13.9. The van der Waals surface area contributed by atoms with Crippen molar-refractivity contribution in [2.24, 2.45) is 0 Å². The third-order valence-electron chi connectivity index (χ3n) is 11.9. The van der Waals surface area contributed by atoms with Gasteiger partial charge in [-0.3, -0.25) is 0 Å². The van der Waals surface area contributed by atoms with Crippen molar-refractivity contribution < 1.29 is 0 Å². The number of nitrogens with zero attached hydrogens (tertiary/aromatic N) is 2. The number of thiophene rings is 1. The summed E-state index contributed by atoms with van der Waals surface area (Å²) in [4.78, 5) is 10.4. The molecule has 0 atom stereocenters. The van der Waals surface area contributed by atoms with E-state index < -0.39 is 5.41 Å². The second-order valence-electron chi connectivity index (χ2n) is 14.8. The van der Waals surface area contributed by atoms with E-state index in [1.807, 2.05) is 23.5 Å².